The Balaban J connectivity index is 1.95. The number of halogens is 2. The van der Waals surface area contributed by atoms with Gasteiger partial charge in [0.15, 0.2) is 5.82 Å². The molecule has 0 amide bonds. The van der Waals surface area contributed by atoms with Crippen LogP contribution in [-0.2, 0) is 0 Å². The minimum absolute atomic E-state index is 0.167. The van der Waals surface area contributed by atoms with E-state index in [1.54, 1.807) is 12.1 Å². The highest BCUT2D eigenvalue weighted by Gasteiger charge is 2.16. The van der Waals surface area contributed by atoms with Crippen molar-refractivity contribution in [2.24, 2.45) is 0 Å². The zero-order valence-corrected chi connectivity index (χ0v) is 11.6. The van der Waals surface area contributed by atoms with E-state index in [9.17, 15) is 4.39 Å². The Bertz CT molecular complexity index is 597. The molecule has 2 aromatic rings. The van der Waals surface area contributed by atoms with Crippen molar-refractivity contribution in [2.75, 3.05) is 18.0 Å². The van der Waals surface area contributed by atoms with Crippen molar-refractivity contribution in [3.05, 3.63) is 35.4 Å². The number of anilines is 1. The fourth-order valence-corrected chi connectivity index (χ4v) is 2.46. The number of aromatic nitrogens is 3. The molecule has 1 aromatic carbocycles. The van der Waals surface area contributed by atoms with E-state index in [0.29, 0.717) is 11.8 Å². The van der Waals surface area contributed by atoms with Crippen LogP contribution in [-0.4, -0.2) is 28.0 Å². The molecular weight excluding hydrogens is 279 g/mol. The predicted molar refractivity (Wildman–Crippen MR) is 76.3 cm³/mol. The molecule has 0 atom stereocenters. The van der Waals surface area contributed by atoms with Gasteiger partial charge in [0, 0.05) is 18.7 Å². The van der Waals surface area contributed by atoms with Crippen LogP contribution in [0, 0.1) is 5.82 Å². The van der Waals surface area contributed by atoms with Crippen molar-refractivity contribution in [3.63, 3.8) is 0 Å². The molecule has 0 unspecified atom stereocenters. The number of hydrogen-bond acceptors (Lipinski definition) is 4. The van der Waals surface area contributed by atoms with E-state index in [-0.39, 0.29) is 11.1 Å². The van der Waals surface area contributed by atoms with Crippen molar-refractivity contribution in [1.29, 1.82) is 0 Å². The second kappa shape index (κ2) is 5.71. The molecule has 0 N–H and O–H groups in total. The van der Waals surface area contributed by atoms with E-state index in [1.165, 1.54) is 18.6 Å². The highest BCUT2D eigenvalue weighted by atomic mass is 35.5. The zero-order chi connectivity index (χ0) is 13.9. The van der Waals surface area contributed by atoms with Crippen molar-refractivity contribution in [1.82, 2.24) is 15.0 Å². The summed E-state index contributed by atoms with van der Waals surface area (Å²) in [4.78, 5) is 14.9. The highest BCUT2D eigenvalue weighted by Crippen LogP contribution is 2.22. The summed E-state index contributed by atoms with van der Waals surface area (Å²) in [6, 6.07) is 6.04. The number of hydrogen-bond donors (Lipinski definition) is 0. The minimum atomic E-state index is -0.287. The third kappa shape index (κ3) is 2.88. The molecule has 1 saturated heterocycles. The summed E-state index contributed by atoms with van der Waals surface area (Å²) in [5, 5.41) is 0.167. The first-order valence-electron chi connectivity index (χ1n) is 6.65. The van der Waals surface area contributed by atoms with E-state index in [0.717, 1.165) is 31.5 Å². The summed E-state index contributed by atoms with van der Waals surface area (Å²) >= 11 is 5.99. The first-order chi connectivity index (χ1) is 9.72. The normalized spacial score (nSPS) is 15.4. The fourth-order valence-electron chi connectivity index (χ4n) is 2.30. The SMILES string of the molecule is Fc1ccc(-c2nc(Cl)nc(N3CCCCC3)n2)cc1. The van der Waals surface area contributed by atoms with E-state index >= 15 is 0 Å². The minimum Gasteiger partial charge on any atom is -0.341 e. The Morgan fingerprint density at radius 1 is 0.950 bits per heavy atom. The largest absolute Gasteiger partial charge is 0.341 e. The third-order valence-electron chi connectivity index (χ3n) is 3.34. The average Bonchev–Trinajstić information content (AvgIpc) is 2.48. The number of benzene rings is 1. The summed E-state index contributed by atoms with van der Waals surface area (Å²) in [5.41, 5.74) is 0.731. The maximum atomic E-state index is 13.0. The lowest BCUT2D eigenvalue weighted by atomic mass is 10.1. The van der Waals surface area contributed by atoms with Gasteiger partial charge < -0.3 is 4.90 Å². The first-order valence-corrected chi connectivity index (χ1v) is 7.02. The Kier molecular flexibility index (Phi) is 3.78. The predicted octanol–water partition coefficient (Wildman–Crippen LogP) is 3.32. The topological polar surface area (TPSA) is 41.9 Å². The van der Waals surface area contributed by atoms with Crippen LogP contribution in [0.4, 0.5) is 10.3 Å². The summed E-state index contributed by atoms with van der Waals surface area (Å²) < 4.78 is 13.0. The summed E-state index contributed by atoms with van der Waals surface area (Å²) in [6.07, 6.45) is 3.50. The number of piperidine rings is 1. The maximum Gasteiger partial charge on any atom is 0.230 e. The molecule has 1 aromatic heterocycles. The van der Waals surface area contributed by atoms with Crippen LogP contribution in [0.1, 0.15) is 19.3 Å². The maximum absolute atomic E-state index is 13.0. The molecule has 1 fully saturated rings. The molecule has 0 aliphatic carbocycles. The molecular formula is C14H14ClFN4. The monoisotopic (exact) mass is 292 g/mol. The van der Waals surface area contributed by atoms with Crippen LogP contribution < -0.4 is 4.90 Å². The Labute approximate surface area is 121 Å². The van der Waals surface area contributed by atoms with Gasteiger partial charge in [0.2, 0.25) is 11.2 Å². The van der Waals surface area contributed by atoms with Crippen LogP contribution in [0.5, 0.6) is 0 Å². The Morgan fingerprint density at radius 3 is 2.35 bits per heavy atom. The van der Waals surface area contributed by atoms with Crippen LogP contribution >= 0.6 is 11.6 Å². The summed E-state index contributed by atoms with van der Waals surface area (Å²) in [5.74, 6) is 0.791. The van der Waals surface area contributed by atoms with Gasteiger partial charge in [-0.2, -0.15) is 15.0 Å². The second-order valence-electron chi connectivity index (χ2n) is 4.78. The van der Waals surface area contributed by atoms with Crippen molar-refractivity contribution in [3.8, 4) is 11.4 Å². The van der Waals surface area contributed by atoms with Gasteiger partial charge in [0.25, 0.3) is 0 Å². The molecule has 4 nitrogen and oxygen atoms in total. The Morgan fingerprint density at radius 2 is 1.65 bits per heavy atom. The molecule has 0 saturated carbocycles. The van der Waals surface area contributed by atoms with E-state index in [1.807, 2.05) is 0 Å². The molecule has 1 aliphatic rings. The lowest BCUT2D eigenvalue weighted by molar-refractivity contribution is 0.567. The van der Waals surface area contributed by atoms with Crippen LogP contribution in [0.25, 0.3) is 11.4 Å². The van der Waals surface area contributed by atoms with Gasteiger partial charge in [-0.3, -0.25) is 0 Å². The van der Waals surface area contributed by atoms with E-state index < -0.39 is 0 Å². The molecule has 1 aliphatic heterocycles. The van der Waals surface area contributed by atoms with Crippen molar-refractivity contribution < 1.29 is 4.39 Å². The fraction of sp³-hybridized carbons (Fsp3) is 0.357. The van der Waals surface area contributed by atoms with Gasteiger partial charge in [0.05, 0.1) is 0 Å². The quantitative estimate of drug-likeness (QED) is 0.851. The van der Waals surface area contributed by atoms with Gasteiger partial charge in [-0.1, -0.05) is 0 Å². The van der Waals surface area contributed by atoms with E-state index in [4.69, 9.17) is 11.6 Å². The number of rotatable bonds is 2. The third-order valence-corrected chi connectivity index (χ3v) is 3.51. The van der Waals surface area contributed by atoms with Gasteiger partial charge >= 0.3 is 0 Å². The highest BCUT2D eigenvalue weighted by molar-refractivity contribution is 6.28. The molecule has 0 spiro atoms. The van der Waals surface area contributed by atoms with Gasteiger partial charge in [-0.25, -0.2) is 4.39 Å². The van der Waals surface area contributed by atoms with Gasteiger partial charge in [0.1, 0.15) is 5.82 Å². The molecule has 20 heavy (non-hydrogen) atoms. The zero-order valence-electron chi connectivity index (χ0n) is 10.9. The molecule has 104 valence electrons. The van der Waals surface area contributed by atoms with Crippen LogP contribution in [0.15, 0.2) is 24.3 Å². The number of nitrogens with zero attached hydrogens (tertiary/aromatic N) is 4. The molecule has 6 heteroatoms. The molecule has 0 radical (unpaired) electrons. The Hall–Kier alpha value is -1.75. The standard InChI is InChI=1S/C14H14ClFN4/c15-13-17-12(10-4-6-11(16)7-5-10)18-14(19-13)20-8-2-1-3-9-20/h4-7H,1-3,8-9H2. The van der Waals surface area contributed by atoms with E-state index in [2.05, 4.69) is 19.9 Å². The smallest absolute Gasteiger partial charge is 0.230 e. The molecule has 3 rings (SSSR count). The average molecular weight is 293 g/mol. The molecule has 2 heterocycles. The summed E-state index contributed by atoms with van der Waals surface area (Å²) in [7, 11) is 0. The lowest BCUT2D eigenvalue weighted by Gasteiger charge is -2.26. The van der Waals surface area contributed by atoms with Crippen LogP contribution in [0.2, 0.25) is 5.28 Å². The van der Waals surface area contributed by atoms with Gasteiger partial charge in [-0.15, -0.1) is 0 Å². The lowest BCUT2D eigenvalue weighted by Crippen LogP contribution is -2.31. The van der Waals surface area contributed by atoms with Crippen molar-refractivity contribution in [2.45, 2.75) is 19.3 Å². The van der Waals surface area contributed by atoms with Crippen LogP contribution in [0.3, 0.4) is 0 Å². The first kappa shape index (κ1) is 13.2. The van der Waals surface area contributed by atoms with Crippen molar-refractivity contribution >= 4 is 17.5 Å². The second-order valence-corrected chi connectivity index (χ2v) is 5.12. The summed E-state index contributed by atoms with van der Waals surface area (Å²) in [6.45, 7) is 1.87. The van der Waals surface area contributed by atoms with Gasteiger partial charge in [-0.05, 0) is 55.1 Å². The molecule has 0 bridgehead atoms.